The van der Waals surface area contributed by atoms with Crippen molar-refractivity contribution in [3.63, 3.8) is 0 Å². The molecule has 5 rings (SSSR count). The average Bonchev–Trinajstić information content (AvgIpc) is 3.47. The first-order valence-electron chi connectivity index (χ1n) is 11.9. The molecule has 0 unspecified atom stereocenters. The summed E-state index contributed by atoms with van der Waals surface area (Å²) in [6.07, 6.45) is 4.22. The molecule has 0 spiro atoms. The van der Waals surface area contributed by atoms with E-state index in [4.69, 9.17) is 9.88 Å². The van der Waals surface area contributed by atoms with Crippen LogP contribution in [0.15, 0.2) is 43.0 Å². The van der Waals surface area contributed by atoms with Gasteiger partial charge >= 0.3 is 10.3 Å². The minimum absolute atomic E-state index is 0.177. The van der Waals surface area contributed by atoms with E-state index < -0.39 is 33.7 Å². The van der Waals surface area contributed by atoms with Crippen LogP contribution in [0.2, 0.25) is 0 Å². The molecule has 1 saturated heterocycles. The van der Waals surface area contributed by atoms with E-state index in [0.717, 1.165) is 0 Å². The third-order valence-corrected chi connectivity index (χ3v) is 7.03. The molecular formula is C23H27N7O7S. The average molecular weight is 546 g/mol. The van der Waals surface area contributed by atoms with Gasteiger partial charge in [0.05, 0.1) is 49.4 Å². The molecular weight excluding hydrogens is 518 g/mol. The van der Waals surface area contributed by atoms with Gasteiger partial charge in [0.25, 0.3) is 0 Å². The second-order valence-corrected chi connectivity index (χ2v) is 10.7. The molecule has 14 nitrogen and oxygen atoms in total. The van der Waals surface area contributed by atoms with Gasteiger partial charge in [0.1, 0.15) is 17.8 Å². The Labute approximate surface area is 218 Å². The van der Waals surface area contributed by atoms with Gasteiger partial charge in [-0.25, -0.2) is 15.1 Å². The number of rotatable bonds is 10. The SMILES string of the molecule is NS(=O)(=O)OC[C@H]1C[C@@H](Nc2ncncc2C(=O)c2ccn(Cc3cccc(C4(O)COC4)n3)n2)C[C@@H]1O. The minimum atomic E-state index is -4.11. The van der Waals surface area contributed by atoms with Crippen LogP contribution in [-0.4, -0.2) is 81.1 Å². The van der Waals surface area contributed by atoms with Crippen molar-refractivity contribution in [2.45, 2.75) is 37.1 Å². The van der Waals surface area contributed by atoms with Gasteiger partial charge in [-0.2, -0.15) is 13.5 Å². The Morgan fingerprint density at radius 3 is 2.84 bits per heavy atom. The molecule has 202 valence electrons. The van der Waals surface area contributed by atoms with Gasteiger partial charge in [-0.3, -0.25) is 18.6 Å². The number of nitrogens with two attached hydrogens (primary N) is 1. The normalized spacial score (nSPS) is 22.7. The van der Waals surface area contributed by atoms with Crippen molar-refractivity contribution in [3.8, 4) is 0 Å². The zero-order chi connectivity index (χ0) is 26.9. The zero-order valence-electron chi connectivity index (χ0n) is 20.2. The molecule has 4 heterocycles. The molecule has 3 atom stereocenters. The van der Waals surface area contributed by atoms with Crippen LogP contribution in [0, 0.1) is 5.92 Å². The van der Waals surface area contributed by atoms with Gasteiger partial charge in [0.15, 0.2) is 5.60 Å². The van der Waals surface area contributed by atoms with Crippen LogP contribution >= 0.6 is 0 Å². The molecule has 2 aliphatic rings. The summed E-state index contributed by atoms with van der Waals surface area (Å²) in [7, 11) is -4.11. The first-order chi connectivity index (χ1) is 18.1. The molecule has 38 heavy (non-hydrogen) atoms. The number of ether oxygens (including phenoxy) is 1. The van der Waals surface area contributed by atoms with Crippen LogP contribution in [0.5, 0.6) is 0 Å². The molecule has 0 aromatic carbocycles. The van der Waals surface area contributed by atoms with E-state index >= 15 is 0 Å². The van der Waals surface area contributed by atoms with Gasteiger partial charge in [0, 0.05) is 24.4 Å². The summed E-state index contributed by atoms with van der Waals surface area (Å²) < 4.78 is 33.4. The standard InChI is InChI=1S/C23H27N7O7S/c24-38(34,35)37-10-14-6-16(7-19(14)31)28-22-17(8-25-13-26-22)21(32)18-4-5-30(29-18)9-15-2-1-3-20(27-15)23(33)11-36-12-23/h1-5,8,13-14,16,19,31,33H,6-7,9-12H2,(H2,24,34,35)(H,25,26,28)/t14-,16-,19+/m1/s1. The Kier molecular flexibility index (Phi) is 7.21. The summed E-state index contributed by atoms with van der Waals surface area (Å²) >= 11 is 0. The number of aromatic nitrogens is 5. The maximum atomic E-state index is 13.3. The Balaban J connectivity index is 1.26. The number of aliphatic hydroxyl groups excluding tert-OH is 1. The molecule has 0 radical (unpaired) electrons. The molecule has 1 aliphatic carbocycles. The zero-order valence-corrected chi connectivity index (χ0v) is 21.0. The molecule has 0 bridgehead atoms. The Morgan fingerprint density at radius 2 is 2.11 bits per heavy atom. The van der Waals surface area contributed by atoms with Crippen LogP contribution in [0.3, 0.4) is 0 Å². The molecule has 3 aromatic heterocycles. The number of carbonyl (C=O) groups is 1. The van der Waals surface area contributed by atoms with Crippen LogP contribution < -0.4 is 10.5 Å². The lowest BCUT2D eigenvalue weighted by molar-refractivity contribution is -0.186. The number of hydrogen-bond acceptors (Lipinski definition) is 12. The maximum Gasteiger partial charge on any atom is 0.333 e. The van der Waals surface area contributed by atoms with Crippen molar-refractivity contribution in [1.82, 2.24) is 24.7 Å². The highest BCUT2D eigenvalue weighted by Gasteiger charge is 2.39. The van der Waals surface area contributed by atoms with Gasteiger partial charge in [-0.15, -0.1) is 0 Å². The van der Waals surface area contributed by atoms with E-state index in [1.165, 1.54) is 12.5 Å². The summed E-state index contributed by atoms with van der Waals surface area (Å²) in [5.74, 6) is -0.579. The number of carbonyl (C=O) groups excluding carboxylic acids is 1. The third kappa shape index (κ3) is 5.87. The number of nitrogens with one attached hydrogen (secondary N) is 1. The Bertz CT molecular complexity index is 1430. The fraction of sp³-hybridized carbons (Fsp3) is 0.435. The topological polar surface area (TPSA) is 205 Å². The fourth-order valence-electron chi connectivity index (χ4n) is 4.53. The Morgan fingerprint density at radius 1 is 1.29 bits per heavy atom. The molecule has 3 aromatic rings. The minimum Gasteiger partial charge on any atom is -0.393 e. The predicted octanol–water partition coefficient (Wildman–Crippen LogP) is -0.663. The largest absolute Gasteiger partial charge is 0.393 e. The van der Waals surface area contributed by atoms with Crippen LogP contribution in [-0.2, 0) is 31.4 Å². The van der Waals surface area contributed by atoms with Crippen molar-refractivity contribution in [1.29, 1.82) is 0 Å². The van der Waals surface area contributed by atoms with Crippen molar-refractivity contribution < 1.29 is 32.3 Å². The quantitative estimate of drug-likeness (QED) is 0.234. The highest BCUT2D eigenvalue weighted by molar-refractivity contribution is 7.84. The number of nitrogens with zero attached hydrogens (tertiary/aromatic N) is 5. The summed E-state index contributed by atoms with van der Waals surface area (Å²) in [5.41, 5.74) is 0.482. The molecule has 15 heteroatoms. The smallest absolute Gasteiger partial charge is 0.333 e. The maximum absolute atomic E-state index is 13.3. The predicted molar refractivity (Wildman–Crippen MR) is 131 cm³/mol. The van der Waals surface area contributed by atoms with Crippen LogP contribution in [0.25, 0.3) is 0 Å². The van der Waals surface area contributed by atoms with Gasteiger partial charge in [-0.1, -0.05) is 6.07 Å². The number of anilines is 1. The van der Waals surface area contributed by atoms with E-state index in [9.17, 15) is 23.4 Å². The molecule has 5 N–H and O–H groups in total. The molecule has 1 aliphatic heterocycles. The lowest BCUT2D eigenvalue weighted by Crippen LogP contribution is -2.47. The molecule has 0 amide bonds. The lowest BCUT2D eigenvalue weighted by Gasteiger charge is -2.35. The number of aliphatic hydroxyl groups is 2. The van der Waals surface area contributed by atoms with Crippen LogP contribution in [0.4, 0.5) is 5.82 Å². The molecule has 1 saturated carbocycles. The van der Waals surface area contributed by atoms with Crippen LogP contribution in [0.1, 0.15) is 40.3 Å². The number of ketones is 1. The summed E-state index contributed by atoms with van der Waals surface area (Å²) in [5, 5.41) is 33.2. The monoisotopic (exact) mass is 545 g/mol. The van der Waals surface area contributed by atoms with Crippen molar-refractivity contribution in [2.75, 3.05) is 25.1 Å². The van der Waals surface area contributed by atoms with E-state index in [2.05, 4.69) is 29.6 Å². The van der Waals surface area contributed by atoms with Crippen molar-refractivity contribution >= 4 is 21.9 Å². The number of pyridine rings is 1. The van der Waals surface area contributed by atoms with Gasteiger partial charge in [-0.05, 0) is 31.0 Å². The van der Waals surface area contributed by atoms with Crippen molar-refractivity contribution in [2.24, 2.45) is 11.1 Å². The van der Waals surface area contributed by atoms with E-state index in [-0.39, 0.29) is 49.5 Å². The van der Waals surface area contributed by atoms with E-state index in [1.54, 1.807) is 35.1 Å². The number of hydrogen-bond donors (Lipinski definition) is 4. The Hall–Kier alpha value is -3.34. The molecule has 2 fully saturated rings. The van der Waals surface area contributed by atoms with E-state index in [0.29, 0.717) is 24.2 Å². The summed E-state index contributed by atoms with van der Waals surface area (Å²) in [4.78, 5) is 25.9. The summed E-state index contributed by atoms with van der Waals surface area (Å²) in [6, 6.07) is 6.64. The van der Waals surface area contributed by atoms with Crippen molar-refractivity contribution in [3.05, 3.63) is 65.6 Å². The first kappa shape index (κ1) is 26.3. The summed E-state index contributed by atoms with van der Waals surface area (Å²) in [6.45, 7) is 0.443. The van der Waals surface area contributed by atoms with Gasteiger partial charge in [0.2, 0.25) is 5.78 Å². The van der Waals surface area contributed by atoms with E-state index in [1.807, 2.05) is 0 Å². The highest BCUT2D eigenvalue weighted by atomic mass is 32.2. The second kappa shape index (κ2) is 10.4. The third-order valence-electron chi connectivity index (χ3n) is 6.56. The van der Waals surface area contributed by atoms with Gasteiger partial charge < -0.3 is 20.3 Å². The lowest BCUT2D eigenvalue weighted by atomic mass is 9.97. The second-order valence-electron chi connectivity index (χ2n) is 9.47. The fourth-order valence-corrected chi connectivity index (χ4v) is 4.90. The highest BCUT2D eigenvalue weighted by Crippen LogP contribution is 2.30. The first-order valence-corrected chi connectivity index (χ1v) is 13.3.